The number of carbonyl (C=O) groups is 1. The van der Waals surface area contributed by atoms with Gasteiger partial charge in [-0.25, -0.2) is 0 Å². The standard InChI is InChI=1S/C33H41N3O4/c1-23-18-36(24(2)21-37)33(38)29-12-8-7-11-28(29)27-10-6-5-9-26(27)22-40-32(23)20-34(3)19-25-13-14-30-31(17-25)39-16-15-35(30)4/h5-14,17,23-24,32,37H,15-16,18-22H2,1-4H3/t23-,24-,32-/m0/s1. The summed E-state index contributed by atoms with van der Waals surface area (Å²) in [5.74, 6) is 0.910. The van der Waals surface area contributed by atoms with Gasteiger partial charge in [0.15, 0.2) is 0 Å². The van der Waals surface area contributed by atoms with Gasteiger partial charge in [-0.2, -0.15) is 0 Å². The number of rotatable bonds is 6. The molecule has 0 saturated heterocycles. The van der Waals surface area contributed by atoms with E-state index in [9.17, 15) is 9.90 Å². The highest BCUT2D eigenvalue weighted by atomic mass is 16.5. The summed E-state index contributed by atoms with van der Waals surface area (Å²) in [6, 6.07) is 22.1. The Bertz CT molecular complexity index is 1330. The van der Waals surface area contributed by atoms with Crippen molar-refractivity contribution >= 4 is 11.6 Å². The SMILES string of the molecule is C[C@H]1CN([C@@H](C)CO)C(=O)c2ccccc2-c2ccccc2CO[C@H]1CN(C)Cc1ccc2c(c1)OCCN2C. The number of aliphatic hydroxyl groups is 1. The largest absolute Gasteiger partial charge is 0.490 e. The predicted octanol–water partition coefficient (Wildman–Crippen LogP) is 4.67. The smallest absolute Gasteiger partial charge is 0.254 e. The van der Waals surface area contributed by atoms with E-state index in [1.165, 1.54) is 5.56 Å². The van der Waals surface area contributed by atoms with E-state index in [4.69, 9.17) is 9.47 Å². The van der Waals surface area contributed by atoms with Crippen molar-refractivity contribution in [1.29, 1.82) is 0 Å². The molecule has 3 aromatic carbocycles. The molecule has 7 heteroatoms. The van der Waals surface area contributed by atoms with Crippen molar-refractivity contribution in [2.75, 3.05) is 51.8 Å². The molecule has 2 heterocycles. The average Bonchev–Trinajstić information content (AvgIpc) is 2.98. The van der Waals surface area contributed by atoms with Crippen LogP contribution in [-0.4, -0.2) is 79.9 Å². The Kier molecular flexibility index (Phi) is 8.74. The predicted molar refractivity (Wildman–Crippen MR) is 159 cm³/mol. The van der Waals surface area contributed by atoms with Crippen molar-refractivity contribution in [3.05, 3.63) is 83.4 Å². The molecule has 3 aromatic rings. The van der Waals surface area contributed by atoms with E-state index in [2.05, 4.69) is 61.2 Å². The minimum atomic E-state index is -0.314. The average molecular weight is 544 g/mol. The number of fused-ring (bicyclic) bond motifs is 4. The van der Waals surface area contributed by atoms with E-state index >= 15 is 0 Å². The highest BCUT2D eigenvalue weighted by Gasteiger charge is 2.30. The van der Waals surface area contributed by atoms with Gasteiger partial charge < -0.3 is 24.4 Å². The Balaban J connectivity index is 1.42. The lowest BCUT2D eigenvalue weighted by Crippen LogP contribution is -2.47. The third-order valence-corrected chi connectivity index (χ3v) is 8.16. The van der Waals surface area contributed by atoms with Gasteiger partial charge in [0.2, 0.25) is 0 Å². The first kappa shape index (κ1) is 28.1. The Labute approximate surface area is 237 Å². The molecule has 212 valence electrons. The molecule has 0 saturated carbocycles. The second-order valence-electron chi connectivity index (χ2n) is 11.3. The summed E-state index contributed by atoms with van der Waals surface area (Å²) < 4.78 is 12.6. The lowest BCUT2D eigenvalue weighted by Gasteiger charge is -2.35. The fourth-order valence-electron chi connectivity index (χ4n) is 5.74. The monoisotopic (exact) mass is 543 g/mol. The summed E-state index contributed by atoms with van der Waals surface area (Å²) in [4.78, 5) is 20.3. The Morgan fingerprint density at radius 2 is 1.77 bits per heavy atom. The van der Waals surface area contributed by atoms with Crippen molar-refractivity contribution in [2.45, 2.75) is 39.1 Å². The number of benzene rings is 3. The molecule has 0 fully saturated rings. The zero-order chi connectivity index (χ0) is 28.2. The van der Waals surface area contributed by atoms with E-state index in [-0.39, 0.29) is 30.6 Å². The maximum Gasteiger partial charge on any atom is 0.254 e. The number of anilines is 1. The minimum absolute atomic E-state index is 0.0401. The zero-order valence-corrected chi connectivity index (χ0v) is 24.0. The van der Waals surface area contributed by atoms with Crippen LogP contribution < -0.4 is 9.64 Å². The molecule has 0 aliphatic carbocycles. The number of likely N-dealkylation sites (N-methyl/N-ethyl adjacent to an activating group) is 2. The molecule has 2 aliphatic rings. The molecule has 40 heavy (non-hydrogen) atoms. The molecular weight excluding hydrogens is 502 g/mol. The van der Waals surface area contributed by atoms with Crippen LogP contribution in [0.25, 0.3) is 11.1 Å². The number of hydrogen-bond donors (Lipinski definition) is 1. The summed E-state index contributed by atoms with van der Waals surface area (Å²) >= 11 is 0. The van der Waals surface area contributed by atoms with Crippen LogP contribution in [0.4, 0.5) is 5.69 Å². The molecule has 5 rings (SSSR count). The first-order chi connectivity index (χ1) is 19.4. The van der Waals surface area contributed by atoms with Crippen molar-refractivity contribution in [3.8, 4) is 16.9 Å². The highest BCUT2D eigenvalue weighted by Crippen LogP contribution is 2.33. The lowest BCUT2D eigenvalue weighted by molar-refractivity contribution is -0.0241. The maximum absolute atomic E-state index is 14.0. The van der Waals surface area contributed by atoms with Crippen LogP contribution in [0.2, 0.25) is 0 Å². The molecule has 3 atom stereocenters. The Hall–Kier alpha value is -3.39. The van der Waals surface area contributed by atoms with Crippen LogP contribution in [0.15, 0.2) is 66.7 Å². The zero-order valence-electron chi connectivity index (χ0n) is 24.0. The molecule has 7 nitrogen and oxygen atoms in total. The first-order valence-electron chi connectivity index (χ1n) is 14.2. The Morgan fingerprint density at radius 1 is 1.05 bits per heavy atom. The van der Waals surface area contributed by atoms with Crippen molar-refractivity contribution in [2.24, 2.45) is 5.92 Å². The number of amides is 1. The number of aliphatic hydroxyl groups excluding tert-OH is 1. The molecule has 0 unspecified atom stereocenters. The molecule has 0 bridgehead atoms. The van der Waals surface area contributed by atoms with Gasteiger partial charge >= 0.3 is 0 Å². The third kappa shape index (κ3) is 6.02. The molecule has 0 radical (unpaired) electrons. The summed E-state index contributed by atoms with van der Waals surface area (Å²) in [6.45, 7) is 7.93. The third-order valence-electron chi connectivity index (χ3n) is 8.16. The molecular formula is C33H41N3O4. The van der Waals surface area contributed by atoms with Gasteiger partial charge in [0.1, 0.15) is 12.4 Å². The fraction of sp³-hybridized carbons (Fsp3) is 0.424. The fourth-order valence-corrected chi connectivity index (χ4v) is 5.74. The number of carbonyl (C=O) groups excluding carboxylic acids is 1. The second-order valence-corrected chi connectivity index (χ2v) is 11.3. The van der Waals surface area contributed by atoms with Crippen molar-refractivity contribution in [3.63, 3.8) is 0 Å². The Morgan fingerprint density at radius 3 is 2.55 bits per heavy atom. The van der Waals surface area contributed by atoms with Crippen LogP contribution in [0.1, 0.15) is 35.3 Å². The van der Waals surface area contributed by atoms with Crippen LogP contribution >= 0.6 is 0 Å². The maximum atomic E-state index is 14.0. The molecule has 1 N–H and O–H groups in total. The van der Waals surface area contributed by atoms with E-state index in [1.54, 1.807) is 0 Å². The first-order valence-corrected chi connectivity index (χ1v) is 14.2. The topological polar surface area (TPSA) is 65.5 Å². The summed E-state index contributed by atoms with van der Waals surface area (Å²) in [5.41, 5.74) is 5.92. The van der Waals surface area contributed by atoms with Gasteiger partial charge in [-0.3, -0.25) is 9.69 Å². The lowest BCUT2D eigenvalue weighted by atomic mass is 9.94. The van der Waals surface area contributed by atoms with Crippen molar-refractivity contribution < 1.29 is 19.4 Å². The van der Waals surface area contributed by atoms with Gasteiger partial charge in [-0.1, -0.05) is 55.5 Å². The molecule has 0 spiro atoms. The quantitative estimate of drug-likeness (QED) is 0.488. The van der Waals surface area contributed by atoms with Gasteiger partial charge in [0, 0.05) is 38.2 Å². The second kappa shape index (κ2) is 12.4. The number of ether oxygens (including phenoxy) is 2. The van der Waals surface area contributed by atoms with Crippen LogP contribution in [0.3, 0.4) is 0 Å². The van der Waals surface area contributed by atoms with Crippen molar-refractivity contribution in [1.82, 2.24) is 9.80 Å². The molecule has 2 aliphatic heterocycles. The van der Waals surface area contributed by atoms with E-state index in [0.717, 1.165) is 41.2 Å². The van der Waals surface area contributed by atoms with Crippen LogP contribution in [0, 0.1) is 5.92 Å². The van der Waals surface area contributed by atoms with Crippen LogP contribution in [-0.2, 0) is 17.9 Å². The summed E-state index contributed by atoms with van der Waals surface area (Å²) in [7, 11) is 4.20. The van der Waals surface area contributed by atoms with Gasteiger partial charge in [-0.15, -0.1) is 0 Å². The van der Waals surface area contributed by atoms with Gasteiger partial charge in [-0.05, 0) is 54.4 Å². The number of nitrogens with zero attached hydrogens (tertiary/aromatic N) is 3. The van der Waals surface area contributed by atoms with Gasteiger partial charge in [0.25, 0.3) is 5.91 Å². The van der Waals surface area contributed by atoms with Crippen LogP contribution in [0.5, 0.6) is 5.75 Å². The summed E-state index contributed by atoms with van der Waals surface area (Å²) in [5, 5.41) is 10.1. The van der Waals surface area contributed by atoms with Gasteiger partial charge in [0.05, 0.1) is 37.6 Å². The normalized spacial score (nSPS) is 20.2. The highest BCUT2D eigenvalue weighted by molar-refractivity contribution is 6.01. The van der Waals surface area contributed by atoms with E-state index < -0.39 is 0 Å². The molecule has 0 aromatic heterocycles. The minimum Gasteiger partial charge on any atom is -0.490 e. The van der Waals surface area contributed by atoms with E-state index in [1.807, 2.05) is 48.2 Å². The summed E-state index contributed by atoms with van der Waals surface area (Å²) in [6.07, 6.45) is -0.125. The van der Waals surface area contributed by atoms with E-state index in [0.29, 0.717) is 31.9 Å². The number of hydrogen-bond acceptors (Lipinski definition) is 6. The molecule has 1 amide bonds.